The maximum Gasteiger partial charge on any atom is 0.128 e. The van der Waals surface area contributed by atoms with E-state index in [-0.39, 0.29) is 0 Å². The summed E-state index contributed by atoms with van der Waals surface area (Å²) in [5, 5.41) is 3.43. The maximum atomic E-state index is 4.43. The molecule has 1 aromatic heterocycles. The number of hydrogen-bond donors (Lipinski definition) is 1. The second-order valence-corrected chi connectivity index (χ2v) is 5.39. The lowest BCUT2D eigenvalue weighted by Crippen LogP contribution is -2.48. The number of piperazine rings is 1. The number of hydrogen-bond acceptors (Lipinski definition) is 4. The fourth-order valence-corrected chi connectivity index (χ4v) is 2.60. The monoisotopic (exact) mass is 262 g/mol. The van der Waals surface area contributed by atoms with Gasteiger partial charge in [-0.2, -0.15) is 0 Å². The molecule has 0 aliphatic carbocycles. The van der Waals surface area contributed by atoms with Crippen LogP contribution in [0.2, 0.25) is 0 Å². The molecule has 1 saturated heterocycles. The van der Waals surface area contributed by atoms with Crippen LogP contribution in [-0.4, -0.2) is 55.7 Å². The van der Waals surface area contributed by atoms with Crippen LogP contribution in [0.15, 0.2) is 24.4 Å². The SMILES string of the molecule is CCNCC(C)CN1CCN(c2ccccn2)CC1. The van der Waals surface area contributed by atoms with Crippen molar-refractivity contribution in [1.29, 1.82) is 0 Å². The van der Waals surface area contributed by atoms with E-state index in [9.17, 15) is 0 Å². The Bertz CT molecular complexity index is 346. The molecule has 1 fully saturated rings. The van der Waals surface area contributed by atoms with Crippen molar-refractivity contribution in [2.45, 2.75) is 13.8 Å². The molecule has 1 aromatic rings. The Morgan fingerprint density at radius 1 is 1.26 bits per heavy atom. The van der Waals surface area contributed by atoms with Gasteiger partial charge >= 0.3 is 0 Å². The molecular weight excluding hydrogens is 236 g/mol. The van der Waals surface area contributed by atoms with E-state index in [2.05, 4.69) is 46.1 Å². The van der Waals surface area contributed by atoms with Gasteiger partial charge < -0.3 is 10.2 Å². The molecule has 1 aliphatic rings. The van der Waals surface area contributed by atoms with E-state index in [1.165, 1.54) is 6.54 Å². The summed E-state index contributed by atoms with van der Waals surface area (Å²) in [7, 11) is 0. The van der Waals surface area contributed by atoms with E-state index in [0.717, 1.165) is 51.0 Å². The quantitative estimate of drug-likeness (QED) is 0.841. The average molecular weight is 262 g/mol. The Morgan fingerprint density at radius 2 is 2.05 bits per heavy atom. The Hall–Kier alpha value is -1.13. The first kappa shape index (κ1) is 14.3. The summed E-state index contributed by atoms with van der Waals surface area (Å²) < 4.78 is 0. The van der Waals surface area contributed by atoms with E-state index in [1.54, 1.807) is 0 Å². The predicted molar refractivity (Wildman–Crippen MR) is 80.6 cm³/mol. The molecule has 0 amide bonds. The second-order valence-electron chi connectivity index (χ2n) is 5.39. The minimum Gasteiger partial charge on any atom is -0.354 e. The standard InChI is InChI=1S/C15H26N4/c1-3-16-12-14(2)13-18-8-10-19(11-9-18)15-6-4-5-7-17-15/h4-7,14,16H,3,8-13H2,1-2H3. The van der Waals surface area contributed by atoms with Crippen molar-refractivity contribution in [3.8, 4) is 0 Å². The van der Waals surface area contributed by atoms with Gasteiger partial charge in [-0.25, -0.2) is 4.98 Å². The Morgan fingerprint density at radius 3 is 2.68 bits per heavy atom. The van der Waals surface area contributed by atoms with Crippen LogP contribution >= 0.6 is 0 Å². The number of rotatable bonds is 6. The first-order valence-electron chi connectivity index (χ1n) is 7.38. The molecule has 1 atom stereocenters. The van der Waals surface area contributed by atoms with Gasteiger partial charge in [0.1, 0.15) is 5.82 Å². The molecule has 0 radical (unpaired) electrons. The van der Waals surface area contributed by atoms with E-state index >= 15 is 0 Å². The summed E-state index contributed by atoms with van der Waals surface area (Å²) in [5.41, 5.74) is 0. The van der Waals surface area contributed by atoms with Gasteiger partial charge in [0.25, 0.3) is 0 Å². The van der Waals surface area contributed by atoms with Crippen LogP contribution < -0.4 is 10.2 Å². The minimum absolute atomic E-state index is 0.723. The molecule has 1 unspecified atom stereocenters. The van der Waals surface area contributed by atoms with Crippen molar-refractivity contribution in [3.63, 3.8) is 0 Å². The largest absolute Gasteiger partial charge is 0.354 e. The van der Waals surface area contributed by atoms with Crippen molar-refractivity contribution in [1.82, 2.24) is 15.2 Å². The Balaban J connectivity index is 1.73. The number of aromatic nitrogens is 1. The second kappa shape index (κ2) is 7.46. The molecule has 0 spiro atoms. The van der Waals surface area contributed by atoms with Crippen LogP contribution in [0.5, 0.6) is 0 Å². The third kappa shape index (κ3) is 4.48. The van der Waals surface area contributed by atoms with Crippen LogP contribution in [0.4, 0.5) is 5.82 Å². The highest BCUT2D eigenvalue weighted by molar-refractivity contribution is 5.38. The van der Waals surface area contributed by atoms with Crippen LogP contribution in [0, 0.1) is 5.92 Å². The average Bonchev–Trinajstić information content (AvgIpc) is 2.47. The molecule has 2 rings (SSSR count). The third-order valence-corrected chi connectivity index (χ3v) is 3.66. The van der Waals surface area contributed by atoms with E-state index < -0.39 is 0 Å². The van der Waals surface area contributed by atoms with Gasteiger partial charge in [-0.1, -0.05) is 19.9 Å². The molecule has 0 saturated carbocycles. The smallest absolute Gasteiger partial charge is 0.128 e. The zero-order chi connectivity index (χ0) is 13.5. The molecule has 1 N–H and O–H groups in total. The molecule has 2 heterocycles. The predicted octanol–water partition coefficient (Wildman–Crippen LogP) is 1.45. The minimum atomic E-state index is 0.723. The molecule has 4 nitrogen and oxygen atoms in total. The van der Waals surface area contributed by atoms with Gasteiger partial charge in [-0.05, 0) is 31.1 Å². The van der Waals surface area contributed by atoms with Gasteiger partial charge in [0.2, 0.25) is 0 Å². The van der Waals surface area contributed by atoms with E-state index in [4.69, 9.17) is 0 Å². The number of nitrogens with zero attached hydrogens (tertiary/aromatic N) is 3. The van der Waals surface area contributed by atoms with Crippen molar-refractivity contribution >= 4 is 5.82 Å². The fraction of sp³-hybridized carbons (Fsp3) is 0.667. The lowest BCUT2D eigenvalue weighted by atomic mass is 10.1. The van der Waals surface area contributed by atoms with Gasteiger partial charge in [-0.15, -0.1) is 0 Å². The highest BCUT2D eigenvalue weighted by Crippen LogP contribution is 2.13. The van der Waals surface area contributed by atoms with Gasteiger partial charge in [0, 0.05) is 38.9 Å². The Kier molecular flexibility index (Phi) is 5.61. The zero-order valence-electron chi connectivity index (χ0n) is 12.2. The summed E-state index contributed by atoms with van der Waals surface area (Å²) in [5.74, 6) is 1.84. The highest BCUT2D eigenvalue weighted by atomic mass is 15.3. The maximum absolute atomic E-state index is 4.43. The van der Waals surface area contributed by atoms with Crippen LogP contribution in [0.1, 0.15) is 13.8 Å². The normalized spacial score (nSPS) is 18.5. The summed E-state index contributed by atoms with van der Waals surface area (Å²) >= 11 is 0. The lowest BCUT2D eigenvalue weighted by molar-refractivity contribution is 0.222. The topological polar surface area (TPSA) is 31.4 Å². The number of pyridine rings is 1. The fourth-order valence-electron chi connectivity index (χ4n) is 2.60. The lowest BCUT2D eigenvalue weighted by Gasteiger charge is -2.36. The van der Waals surface area contributed by atoms with Crippen molar-refractivity contribution in [3.05, 3.63) is 24.4 Å². The molecule has 1 aliphatic heterocycles. The number of anilines is 1. The van der Waals surface area contributed by atoms with Crippen LogP contribution in [0.3, 0.4) is 0 Å². The highest BCUT2D eigenvalue weighted by Gasteiger charge is 2.18. The molecule has 4 heteroatoms. The molecule has 0 aromatic carbocycles. The van der Waals surface area contributed by atoms with Crippen molar-refractivity contribution in [2.24, 2.45) is 5.92 Å². The van der Waals surface area contributed by atoms with E-state index in [0.29, 0.717) is 0 Å². The van der Waals surface area contributed by atoms with Crippen molar-refractivity contribution < 1.29 is 0 Å². The first-order valence-corrected chi connectivity index (χ1v) is 7.38. The van der Waals surface area contributed by atoms with Gasteiger partial charge in [0.15, 0.2) is 0 Å². The van der Waals surface area contributed by atoms with Gasteiger partial charge in [0.05, 0.1) is 0 Å². The summed E-state index contributed by atoms with van der Waals surface area (Å²) in [6.07, 6.45) is 1.88. The summed E-state index contributed by atoms with van der Waals surface area (Å²) in [6, 6.07) is 6.14. The Labute approximate surface area is 116 Å². The molecule has 106 valence electrons. The molecular formula is C15H26N4. The molecule has 0 bridgehead atoms. The van der Waals surface area contributed by atoms with Crippen LogP contribution in [-0.2, 0) is 0 Å². The first-order chi connectivity index (χ1) is 9.29. The van der Waals surface area contributed by atoms with Crippen LogP contribution in [0.25, 0.3) is 0 Å². The molecule has 19 heavy (non-hydrogen) atoms. The third-order valence-electron chi connectivity index (χ3n) is 3.66. The van der Waals surface area contributed by atoms with Crippen molar-refractivity contribution in [2.75, 3.05) is 50.7 Å². The van der Waals surface area contributed by atoms with E-state index in [1.807, 2.05) is 12.3 Å². The summed E-state index contributed by atoms with van der Waals surface area (Å²) in [6.45, 7) is 12.3. The summed E-state index contributed by atoms with van der Waals surface area (Å²) in [4.78, 5) is 9.38. The number of nitrogens with one attached hydrogen (secondary N) is 1. The zero-order valence-corrected chi connectivity index (χ0v) is 12.2. The van der Waals surface area contributed by atoms with Gasteiger partial charge in [-0.3, -0.25) is 4.90 Å².